The SMILES string of the molecule is CC(=O)c1csc(NS(=O)(=O)c2ccc(C(=O)O)cn2)n1. The van der Waals surface area contributed by atoms with Crippen molar-refractivity contribution in [2.75, 3.05) is 4.72 Å². The van der Waals surface area contributed by atoms with Gasteiger partial charge < -0.3 is 5.11 Å². The maximum Gasteiger partial charge on any atom is 0.337 e. The van der Waals surface area contributed by atoms with Crippen molar-refractivity contribution in [3.8, 4) is 0 Å². The highest BCUT2D eigenvalue weighted by Crippen LogP contribution is 2.19. The molecule has 0 saturated carbocycles. The van der Waals surface area contributed by atoms with Crippen LogP contribution in [0.4, 0.5) is 5.13 Å². The summed E-state index contributed by atoms with van der Waals surface area (Å²) < 4.78 is 26.2. The van der Waals surface area contributed by atoms with Crippen LogP contribution in [0.3, 0.4) is 0 Å². The first kappa shape index (κ1) is 15.1. The number of carbonyl (C=O) groups is 2. The van der Waals surface area contributed by atoms with E-state index < -0.39 is 16.0 Å². The molecule has 0 unspecified atom stereocenters. The van der Waals surface area contributed by atoms with E-state index in [1.807, 2.05) is 0 Å². The third-order valence-electron chi connectivity index (χ3n) is 2.35. The summed E-state index contributed by atoms with van der Waals surface area (Å²) in [5.41, 5.74) is 0.0361. The lowest BCUT2D eigenvalue weighted by Gasteiger charge is -2.04. The van der Waals surface area contributed by atoms with Gasteiger partial charge in [0.15, 0.2) is 15.9 Å². The Morgan fingerprint density at radius 3 is 2.52 bits per heavy atom. The van der Waals surface area contributed by atoms with E-state index in [0.29, 0.717) is 0 Å². The monoisotopic (exact) mass is 327 g/mol. The normalized spacial score (nSPS) is 11.1. The Hall–Kier alpha value is -2.33. The van der Waals surface area contributed by atoms with Gasteiger partial charge in [0.05, 0.1) is 5.56 Å². The molecule has 21 heavy (non-hydrogen) atoms. The molecule has 2 heterocycles. The number of hydrogen-bond donors (Lipinski definition) is 2. The van der Waals surface area contributed by atoms with Gasteiger partial charge in [-0.2, -0.15) is 8.42 Å². The van der Waals surface area contributed by atoms with Crippen LogP contribution >= 0.6 is 11.3 Å². The van der Waals surface area contributed by atoms with Gasteiger partial charge in [-0.15, -0.1) is 11.3 Å². The molecule has 110 valence electrons. The van der Waals surface area contributed by atoms with E-state index in [4.69, 9.17) is 5.11 Å². The number of ketones is 1. The van der Waals surface area contributed by atoms with Crippen molar-refractivity contribution in [2.24, 2.45) is 0 Å². The molecule has 0 aliphatic carbocycles. The number of Topliss-reactive ketones (excluding diaryl/α,β-unsaturated/α-hetero) is 1. The highest BCUT2D eigenvalue weighted by atomic mass is 32.2. The Balaban J connectivity index is 2.24. The lowest BCUT2D eigenvalue weighted by Crippen LogP contribution is -2.15. The smallest absolute Gasteiger partial charge is 0.337 e. The number of sulfonamides is 1. The lowest BCUT2D eigenvalue weighted by molar-refractivity contribution is 0.0696. The van der Waals surface area contributed by atoms with Gasteiger partial charge in [0, 0.05) is 18.5 Å². The van der Waals surface area contributed by atoms with Crippen LogP contribution in [0.15, 0.2) is 28.7 Å². The molecule has 0 radical (unpaired) electrons. The highest BCUT2D eigenvalue weighted by molar-refractivity contribution is 7.92. The van der Waals surface area contributed by atoms with Gasteiger partial charge >= 0.3 is 5.97 Å². The molecule has 0 fully saturated rings. The van der Waals surface area contributed by atoms with E-state index >= 15 is 0 Å². The van der Waals surface area contributed by atoms with Crippen LogP contribution in [0.5, 0.6) is 0 Å². The van der Waals surface area contributed by atoms with Gasteiger partial charge in [0.25, 0.3) is 10.0 Å². The summed E-state index contributed by atoms with van der Waals surface area (Å²) in [4.78, 5) is 29.2. The van der Waals surface area contributed by atoms with Crippen LogP contribution in [-0.2, 0) is 10.0 Å². The molecule has 10 heteroatoms. The summed E-state index contributed by atoms with van der Waals surface area (Å²) in [6.07, 6.45) is 0.944. The minimum absolute atomic E-state index is 0.0318. The molecule has 2 rings (SSSR count). The number of anilines is 1. The van der Waals surface area contributed by atoms with Crippen LogP contribution in [0.1, 0.15) is 27.8 Å². The zero-order valence-electron chi connectivity index (χ0n) is 10.6. The second kappa shape index (κ2) is 5.58. The van der Waals surface area contributed by atoms with Crippen LogP contribution in [0.25, 0.3) is 0 Å². The van der Waals surface area contributed by atoms with E-state index in [-0.39, 0.29) is 27.2 Å². The second-order valence-electron chi connectivity index (χ2n) is 3.89. The summed E-state index contributed by atoms with van der Waals surface area (Å²) in [5.74, 6) is -1.48. The van der Waals surface area contributed by atoms with Crippen LogP contribution < -0.4 is 4.72 Å². The Morgan fingerprint density at radius 1 is 1.33 bits per heavy atom. The molecule has 0 aliphatic rings. The number of aromatic carboxylic acids is 1. The van der Waals surface area contributed by atoms with Crippen molar-refractivity contribution >= 4 is 38.2 Å². The van der Waals surface area contributed by atoms with Crippen molar-refractivity contribution in [1.29, 1.82) is 0 Å². The minimum Gasteiger partial charge on any atom is -0.478 e. The second-order valence-corrected chi connectivity index (χ2v) is 6.38. The van der Waals surface area contributed by atoms with E-state index in [1.165, 1.54) is 12.3 Å². The Labute approximate surface area is 123 Å². The van der Waals surface area contributed by atoms with E-state index in [0.717, 1.165) is 29.7 Å². The Kier molecular flexibility index (Phi) is 4.00. The molecule has 2 aromatic rings. The van der Waals surface area contributed by atoms with Gasteiger partial charge in [-0.3, -0.25) is 9.52 Å². The number of carboxylic acid groups (broad SMARTS) is 1. The van der Waals surface area contributed by atoms with Crippen molar-refractivity contribution in [1.82, 2.24) is 9.97 Å². The third-order valence-corrected chi connectivity index (χ3v) is 4.49. The molecule has 2 N–H and O–H groups in total. The number of carboxylic acids is 1. The molecular weight excluding hydrogens is 318 g/mol. The number of aromatic nitrogens is 2. The summed E-state index contributed by atoms with van der Waals surface area (Å²) in [6, 6.07) is 2.21. The fraction of sp³-hybridized carbons (Fsp3) is 0.0909. The van der Waals surface area contributed by atoms with Crippen LogP contribution in [0, 0.1) is 0 Å². The number of hydrogen-bond acceptors (Lipinski definition) is 7. The standard InChI is InChI=1S/C11H9N3O5S2/c1-6(15)8-5-20-11(13-8)14-21(18,19)9-3-2-7(4-12-9)10(16)17/h2-5H,1H3,(H,13,14)(H,16,17). The van der Waals surface area contributed by atoms with E-state index in [1.54, 1.807) is 0 Å². The van der Waals surface area contributed by atoms with Gasteiger partial charge in [-0.1, -0.05) is 0 Å². The maximum atomic E-state index is 12.0. The topological polar surface area (TPSA) is 126 Å². The van der Waals surface area contributed by atoms with Crippen molar-refractivity contribution in [3.05, 3.63) is 35.0 Å². The van der Waals surface area contributed by atoms with Gasteiger partial charge in [-0.05, 0) is 12.1 Å². The molecule has 0 aliphatic heterocycles. The van der Waals surface area contributed by atoms with Gasteiger partial charge in [0.2, 0.25) is 0 Å². The summed E-state index contributed by atoms with van der Waals surface area (Å²) >= 11 is 0.963. The Morgan fingerprint density at radius 2 is 2.05 bits per heavy atom. The fourth-order valence-electron chi connectivity index (χ4n) is 1.32. The predicted molar refractivity (Wildman–Crippen MR) is 74.1 cm³/mol. The largest absolute Gasteiger partial charge is 0.478 e. The average Bonchev–Trinajstić information content (AvgIpc) is 2.87. The lowest BCUT2D eigenvalue weighted by atomic mass is 10.3. The fourth-order valence-corrected chi connectivity index (χ4v) is 3.25. The van der Waals surface area contributed by atoms with Crippen molar-refractivity contribution in [3.63, 3.8) is 0 Å². The molecule has 2 aromatic heterocycles. The molecule has 0 saturated heterocycles. The number of pyridine rings is 1. The minimum atomic E-state index is -3.99. The molecular formula is C11H9N3O5S2. The highest BCUT2D eigenvalue weighted by Gasteiger charge is 2.19. The number of nitrogens with zero attached hydrogens (tertiary/aromatic N) is 2. The number of nitrogens with one attached hydrogen (secondary N) is 1. The summed E-state index contributed by atoms with van der Waals surface area (Å²) in [6.45, 7) is 1.32. The zero-order chi connectivity index (χ0) is 15.6. The van der Waals surface area contributed by atoms with Crippen LogP contribution in [-0.4, -0.2) is 35.2 Å². The average molecular weight is 327 g/mol. The molecule has 0 bridgehead atoms. The quantitative estimate of drug-likeness (QED) is 0.791. The predicted octanol–water partition coefficient (Wildman–Crippen LogP) is 1.24. The molecule has 0 atom stereocenters. The van der Waals surface area contributed by atoms with Crippen LogP contribution in [0.2, 0.25) is 0 Å². The van der Waals surface area contributed by atoms with E-state index in [9.17, 15) is 18.0 Å². The number of rotatable bonds is 5. The number of thiazole rings is 1. The van der Waals surface area contributed by atoms with Gasteiger partial charge in [-0.25, -0.2) is 14.8 Å². The molecule has 0 aromatic carbocycles. The van der Waals surface area contributed by atoms with Crippen molar-refractivity contribution in [2.45, 2.75) is 11.9 Å². The van der Waals surface area contributed by atoms with E-state index in [2.05, 4.69) is 14.7 Å². The zero-order valence-corrected chi connectivity index (χ0v) is 12.2. The Bertz CT molecular complexity index is 796. The third kappa shape index (κ3) is 3.41. The summed E-state index contributed by atoms with van der Waals surface area (Å²) in [7, 11) is -3.99. The first-order valence-electron chi connectivity index (χ1n) is 5.48. The molecule has 0 spiro atoms. The van der Waals surface area contributed by atoms with Gasteiger partial charge in [0.1, 0.15) is 5.69 Å². The number of carbonyl (C=O) groups excluding carboxylic acids is 1. The summed E-state index contributed by atoms with van der Waals surface area (Å²) in [5, 5.41) is 9.85. The first-order chi connectivity index (χ1) is 9.79. The first-order valence-corrected chi connectivity index (χ1v) is 7.84. The van der Waals surface area contributed by atoms with Crippen molar-refractivity contribution < 1.29 is 23.1 Å². The molecule has 8 nitrogen and oxygen atoms in total. The molecule has 0 amide bonds. The maximum absolute atomic E-state index is 12.0.